The first-order valence-electron chi connectivity index (χ1n) is 9.70. The minimum absolute atomic E-state index is 0.188. The monoisotopic (exact) mass is 417 g/mol. The van der Waals surface area contributed by atoms with Gasteiger partial charge in [0.15, 0.2) is 11.5 Å². The summed E-state index contributed by atoms with van der Waals surface area (Å²) in [5.74, 6) is 1.43. The Morgan fingerprint density at radius 3 is 2.40 bits per heavy atom. The smallest absolute Gasteiger partial charge is 0.353 e. The van der Waals surface area contributed by atoms with Crippen LogP contribution in [0.4, 0.5) is 19.0 Å². The molecule has 8 nitrogen and oxygen atoms in total. The van der Waals surface area contributed by atoms with Crippen LogP contribution in [0.15, 0.2) is 30.5 Å². The van der Waals surface area contributed by atoms with E-state index in [4.69, 9.17) is 0 Å². The van der Waals surface area contributed by atoms with E-state index in [0.29, 0.717) is 49.3 Å². The second-order valence-corrected chi connectivity index (χ2v) is 7.50. The number of carbonyl (C=O) groups excluding carboxylic acids is 1. The molecule has 0 spiro atoms. The number of hydrogen-bond acceptors (Lipinski definition) is 6. The molecule has 3 aromatic heterocycles. The zero-order chi connectivity index (χ0) is 20.9. The van der Waals surface area contributed by atoms with Crippen molar-refractivity contribution >= 4 is 17.4 Å². The highest BCUT2D eigenvalue weighted by atomic mass is 19.4. The Hall–Kier alpha value is -3.24. The van der Waals surface area contributed by atoms with E-state index < -0.39 is 11.7 Å². The summed E-state index contributed by atoms with van der Waals surface area (Å²) < 4.78 is 39.7. The number of amides is 1. The maximum atomic E-state index is 12.9. The number of alkyl halides is 3. The van der Waals surface area contributed by atoms with E-state index in [1.807, 2.05) is 4.90 Å². The van der Waals surface area contributed by atoms with E-state index >= 15 is 0 Å². The van der Waals surface area contributed by atoms with Crippen LogP contribution in [0.3, 0.4) is 0 Å². The molecule has 1 saturated heterocycles. The normalized spacial score (nSPS) is 17.6. The predicted molar refractivity (Wildman–Crippen MR) is 100 cm³/mol. The van der Waals surface area contributed by atoms with E-state index in [1.54, 1.807) is 21.5 Å². The van der Waals surface area contributed by atoms with E-state index in [-0.39, 0.29) is 5.91 Å². The van der Waals surface area contributed by atoms with Crippen molar-refractivity contribution < 1.29 is 18.0 Å². The molecule has 11 heteroatoms. The van der Waals surface area contributed by atoms with Crippen LogP contribution in [0.1, 0.15) is 40.6 Å². The lowest BCUT2D eigenvalue weighted by Crippen LogP contribution is -2.49. The molecule has 1 saturated carbocycles. The number of piperazine rings is 1. The molecule has 3 aromatic rings. The highest BCUT2D eigenvalue weighted by Gasteiger charge is 2.32. The molecule has 30 heavy (non-hydrogen) atoms. The first-order valence-corrected chi connectivity index (χ1v) is 9.70. The van der Waals surface area contributed by atoms with Gasteiger partial charge in [0.2, 0.25) is 0 Å². The summed E-state index contributed by atoms with van der Waals surface area (Å²) in [5, 5.41) is 12.7. The maximum absolute atomic E-state index is 12.9. The Morgan fingerprint density at radius 2 is 1.77 bits per heavy atom. The van der Waals surface area contributed by atoms with E-state index in [2.05, 4.69) is 20.3 Å². The molecule has 5 rings (SSSR count). The first kappa shape index (κ1) is 18.8. The number of aromatic nitrogens is 5. The zero-order valence-electron chi connectivity index (χ0n) is 15.9. The van der Waals surface area contributed by atoms with E-state index in [0.717, 1.165) is 30.9 Å². The summed E-state index contributed by atoms with van der Waals surface area (Å²) in [6.07, 6.45) is -1.46. The average Bonchev–Trinajstić information content (AvgIpc) is 3.51. The van der Waals surface area contributed by atoms with Crippen molar-refractivity contribution in [2.75, 3.05) is 31.1 Å². The van der Waals surface area contributed by atoms with Gasteiger partial charge < -0.3 is 9.80 Å². The fourth-order valence-electron chi connectivity index (χ4n) is 3.56. The van der Waals surface area contributed by atoms with Gasteiger partial charge in [-0.25, -0.2) is 4.98 Å². The number of rotatable bonds is 3. The minimum atomic E-state index is -4.41. The van der Waals surface area contributed by atoms with Gasteiger partial charge in [-0.2, -0.15) is 22.8 Å². The molecule has 0 N–H and O–H groups in total. The van der Waals surface area contributed by atoms with Crippen LogP contribution >= 0.6 is 0 Å². The van der Waals surface area contributed by atoms with Crippen LogP contribution < -0.4 is 4.90 Å². The summed E-state index contributed by atoms with van der Waals surface area (Å²) in [6, 6.07) is 5.77. The van der Waals surface area contributed by atoms with Crippen LogP contribution in [-0.4, -0.2) is 61.8 Å². The molecule has 2 fully saturated rings. The molecule has 156 valence electrons. The molecule has 0 atom stereocenters. The molecule has 1 aliphatic carbocycles. The van der Waals surface area contributed by atoms with Crippen molar-refractivity contribution in [2.24, 2.45) is 0 Å². The fraction of sp³-hybridized carbons (Fsp3) is 0.421. The highest BCUT2D eigenvalue weighted by Crippen LogP contribution is 2.38. The summed E-state index contributed by atoms with van der Waals surface area (Å²) in [5.41, 5.74) is 0.165. The van der Waals surface area contributed by atoms with Crippen LogP contribution in [0, 0.1) is 0 Å². The predicted octanol–water partition coefficient (Wildman–Crippen LogP) is 2.38. The summed E-state index contributed by atoms with van der Waals surface area (Å²) in [4.78, 5) is 20.4. The van der Waals surface area contributed by atoms with Gasteiger partial charge in [-0.15, -0.1) is 10.2 Å². The van der Waals surface area contributed by atoms with Gasteiger partial charge in [-0.1, -0.05) is 0 Å². The Morgan fingerprint density at radius 1 is 1.00 bits per heavy atom. The third kappa shape index (κ3) is 3.44. The van der Waals surface area contributed by atoms with Crippen LogP contribution in [-0.2, 0) is 6.18 Å². The van der Waals surface area contributed by atoms with Crippen molar-refractivity contribution in [1.29, 1.82) is 0 Å². The Balaban J connectivity index is 1.27. The number of anilines is 1. The highest BCUT2D eigenvalue weighted by molar-refractivity contribution is 5.92. The van der Waals surface area contributed by atoms with E-state index in [9.17, 15) is 18.0 Å². The van der Waals surface area contributed by atoms with Gasteiger partial charge in [0.1, 0.15) is 11.5 Å². The number of fused-ring (bicyclic) bond motifs is 1. The number of nitrogens with zero attached hydrogens (tertiary/aromatic N) is 7. The third-order valence-electron chi connectivity index (χ3n) is 5.41. The molecular weight excluding hydrogens is 399 g/mol. The number of halogens is 3. The SMILES string of the molecule is O=C(c1ccc2nnc(C3CC3)n2n1)N1CCN(c2ccc(C(F)(F)F)cn2)CC1. The largest absolute Gasteiger partial charge is 0.417 e. The lowest BCUT2D eigenvalue weighted by molar-refractivity contribution is -0.137. The Labute approximate surface area is 169 Å². The number of pyridine rings is 1. The number of hydrogen-bond donors (Lipinski definition) is 0. The van der Waals surface area contributed by atoms with Crippen molar-refractivity contribution in [3.8, 4) is 0 Å². The summed E-state index contributed by atoms with van der Waals surface area (Å²) >= 11 is 0. The van der Waals surface area contributed by atoms with Crippen molar-refractivity contribution in [3.63, 3.8) is 0 Å². The summed E-state index contributed by atoms with van der Waals surface area (Å²) in [7, 11) is 0. The lowest BCUT2D eigenvalue weighted by Gasteiger charge is -2.35. The van der Waals surface area contributed by atoms with E-state index in [1.165, 1.54) is 6.07 Å². The zero-order valence-corrected chi connectivity index (χ0v) is 15.9. The van der Waals surface area contributed by atoms with Crippen molar-refractivity contribution in [1.82, 2.24) is 29.7 Å². The Kier molecular flexibility index (Phi) is 4.33. The van der Waals surface area contributed by atoms with Crippen LogP contribution in [0.2, 0.25) is 0 Å². The Bertz CT molecular complexity index is 1080. The molecule has 0 bridgehead atoms. The third-order valence-corrected chi connectivity index (χ3v) is 5.41. The topological polar surface area (TPSA) is 79.5 Å². The van der Waals surface area contributed by atoms with Crippen LogP contribution in [0.25, 0.3) is 5.65 Å². The van der Waals surface area contributed by atoms with Crippen molar-refractivity contribution in [3.05, 3.63) is 47.5 Å². The molecule has 4 heterocycles. The van der Waals surface area contributed by atoms with Crippen LogP contribution in [0.5, 0.6) is 0 Å². The van der Waals surface area contributed by atoms with Gasteiger partial charge in [0.05, 0.1) is 5.56 Å². The minimum Gasteiger partial charge on any atom is -0.353 e. The van der Waals surface area contributed by atoms with Gasteiger partial charge >= 0.3 is 6.18 Å². The quantitative estimate of drug-likeness (QED) is 0.651. The molecular formula is C19H18F3N7O. The van der Waals surface area contributed by atoms with Crippen molar-refractivity contribution in [2.45, 2.75) is 24.9 Å². The summed E-state index contributed by atoms with van der Waals surface area (Å²) in [6.45, 7) is 1.82. The standard InChI is InChI=1S/C19H18F3N7O/c20-19(21,22)13-3-5-15(23-11-13)27-7-9-28(10-8-27)18(30)14-4-6-16-24-25-17(12-1-2-12)29(16)26-14/h3-6,11-12H,1-2,7-10H2. The average molecular weight is 417 g/mol. The molecule has 0 unspecified atom stereocenters. The molecule has 2 aliphatic rings. The lowest BCUT2D eigenvalue weighted by atomic mass is 10.2. The van der Waals surface area contributed by atoms with Gasteiger partial charge in [-0.3, -0.25) is 4.79 Å². The second kappa shape index (κ2) is 6.92. The fourth-order valence-corrected chi connectivity index (χ4v) is 3.56. The molecule has 1 amide bonds. The van der Waals surface area contributed by atoms with Gasteiger partial charge in [-0.05, 0) is 37.1 Å². The molecule has 1 aliphatic heterocycles. The second-order valence-electron chi connectivity index (χ2n) is 7.50. The molecule has 0 aromatic carbocycles. The van der Waals surface area contributed by atoms with Gasteiger partial charge in [0.25, 0.3) is 5.91 Å². The number of carbonyl (C=O) groups is 1. The maximum Gasteiger partial charge on any atom is 0.417 e. The van der Waals surface area contributed by atoms with Gasteiger partial charge in [0, 0.05) is 38.3 Å². The first-order chi connectivity index (χ1) is 14.4. The molecule has 0 radical (unpaired) electrons.